The Morgan fingerprint density at radius 2 is 1.96 bits per heavy atom. The standard InChI is InChI=1S/C19H21NO3/c1-3-11-23-17-9-7-15(8-10-17)13-20-14-19(21)16-5-4-6-18(12-16)22-2/h1,4-10,12,19-21H,11,13-14H2,2H3. The molecule has 0 amide bonds. The third-order valence-electron chi connectivity index (χ3n) is 3.39. The molecule has 120 valence electrons. The summed E-state index contributed by atoms with van der Waals surface area (Å²) in [7, 11) is 1.61. The minimum Gasteiger partial charge on any atom is -0.497 e. The highest BCUT2D eigenvalue weighted by Crippen LogP contribution is 2.18. The first kappa shape index (κ1) is 16.9. The molecule has 0 heterocycles. The number of terminal acetylenes is 1. The maximum atomic E-state index is 10.2. The lowest BCUT2D eigenvalue weighted by Gasteiger charge is -2.13. The van der Waals surface area contributed by atoms with Crippen molar-refractivity contribution in [3.8, 4) is 23.8 Å². The third-order valence-corrected chi connectivity index (χ3v) is 3.39. The van der Waals surface area contributed by atoms with Crippen LogP contribution >= 0.6 is 0 Å². The van der Waals surface area contributed by atoms with E-state index in [4.69, 9.17) is 15.9 Å². The molecule has 1 unspecified atom stereocenters. The minimum absolute atomic E-state index is 0.268. The summed E-state index contributed by atoms with van der Waals surface area (Å²) in [6, 6.07) is 15.1. The SMILES string of the molecule is C#CCOc1ccc(CNCC(O)c2cccc(OC)c2)cc1. The molecule has 2 aromatic rings. The molecule has 0 bridgehead atoms. The van der Waals surface area contributed by atoms with Crippen molar-refractivity contribution >= 4 is 0 Å². The Morgan fingerprint density at radius 1 is 1.17 bits per heavy atom. The molecule has 0 saturated heterocycles. The Bertz CT molecular complexity index is 646. The second-order valence-electron chi connectivity index (χ2n) is 5.06. The minimum atomic E-state index is -0.580. The van der Waals surface area contributed by atoms with Crippen molar-refractivity contribution in [1.82, 2.24) is 5.32 Å². The average Bonchev–Trinajstić information content (AvgIpc) is 2.61. The molecular weight excluding hydrogens is 290 g/mol. The van der Waals surface area contributed by atoms with Gasteiger partial charge in [0, 0.05) is 13.1 Å². The van der Waals surface area contributed by atoms with Gasteiger partial charge in [-0.05, 0) is 35.4 Å². The second-order valence-corrected chi connectivity index (χ2v) is 5.06. The maximum Gasteiger partial charge on any atom is 0.148 e. The fourth-order valence-corrected chi connectivity index (χ4v) is 2.15. The van der Waals surface area contributed by atoms with Crippen LogP contribution in [-0.2, 0) is 6.54 Å². The summed E-state index contributed by atoms with van der Waals surface area (Å²) < 4.78 is 10.5. The first-order valence-corrected chi connectivity index (χ1v) is 7.41. The van der Waals surface area contributed by atoms with Crippen molar-refractivity contribution in [1.29, 1.82) is 0 Å². The van der Waals surface area contributed by atoms with Crippen LogP contribution in [0.2, 0.25) is 0 Å². The quantitative estimate of drug-likeness (QED) is 0.736. The molecule has 0 aliphatic rings. The van der Waals surface area contributed by atoms with Gasteiger partial charge in [-0.2, -0.15) is 0 Å². The third kappa shape index (κ3) is 5.33. The lowest BCUT2D eigenvalue weighted by molar-refractivity contribution is 0.174. The smallest absolute Gasteiger partial charge is 0.148 e. The second kappa shape index (κ2) is 8.84. The van der Waals surface area contributed by atoms with Gasteiger partial charge in [-0.3, -0.25) is 0 Å². The molecule has 2 N–H and O–H groups in total. The number of nitrogens with one attached hydrogen (secondary N) is 1. The Hall–Kier alpha value is -2.48. The number of benzene rings is 2. The van der Waals surface area contributed by atoms with Crippen molar-refractivity contribution in [3.05, 3.63) is 59.7 Å². The lowest BCUT2D eigenvalue weighted by Crippen LogP contribution is -2.21. The predicted molar refractivity (Wildman–Crippen MR) is 90.4 cm³/mol. The highest BCUT2D eigenvalue weighted by Gasteiger charge is 2.08. The molecule has 23 heavy (non-hydrogen) atoms. The number of hydrogen-bond acceptors (Lipinski definition) is 4. The maximum absolute atomic E-state index is 10.2. The first-order chi connectivity index (χ1) is 11.2. The zero-order valence-electron chi connectivity index (χ0n) is 13.2. The van der Waals surface area contributed by atoms with Crippen LogP contribution in [0.4, 0.5) is 0 Å². The number of hydrogen-bond donors (Lipinski definition) is 2. The molecule has 0 radical (unpaired) electrons. The van der Waals surface area contributed by atoms with Gasteiger partial charge in [0.1, 0.15) is 18.1 Å². The molecule has 4 heteroatoms. The van der Waals surface area contributed by atoms with Crippen molar-refractivity contribution in [2.45, 2.75) is 12.6 Å². The van der Waals surface area contributed by atoms with Gasteiger partial charge in [0.2, 0.25) is 0 Å². The molecule has 0 aliphatic heterocycles. The van der Waals surface area contributed by atoms with Crippen LogP contribution in [0.25, 0.3) is 0 Å². The fourth-order valence-electron chi connectivity index (χ4n) is 2.15. The van der Waals surface area contributed by atoms with E-state index in [1.165, 1.54) is 0 Å². The number of ether oxygens (including phenoxy) is 2. The lowest BCUT2D eigenvalue weighted by atomic mass is 10.1. The van der Waals surface area contributed by atoms with Crippen LogP contribution in [0, 0.1) is 12.3 Å². The molecular formula is C19H21NO3. The molecule has 2 rings (SSSR count). The van der Waals surface area contributed by atoms with E-state index in [0.717, 1.165) is 22.6 Å². The van der Waals surface area contributed by atoms with E-state index in [9.17, 15) is 5.11 Å². The summed E-state index contributed by atoms with van der Waals surface area (Å²) in [4.78, 5) is 0. The van der Waals surface area contributed by atoms with E-state index in [1.54, 1.807) is 7.11 Å². The molecule has 0 saturated carbocycles. The first-order valence-electron chi connectivity index (χ1n) is 7.41. The van der Waals surface area contributed by atoms with E-state index < -0.39 is 6.10 Å². The highest BCUT2D eigenvalue weighted by atomic mass is 16.5. The number of aliphatic hydroxyl groups excluding tert-OH is 1. The van der Waals surface area contributed by atoms with E-state index in [2.05, 4.69) is 11.2 Å². The summed E-state index contributed by atoms with van der Waals surface area (Å²) in [6.07, 6.45) is 4.57. The van der Waals surface area contributed by atoms with Gasteiger partial charge in [0.15, 0.2) is 0 Å². The number of rotatable bonds is 8. The normalized spacial score (nSPS) is 11.5. The van der Waals surface area contributed by atoms with Crippen LogP contribution < -0.4 is 14.8 Å². The van der Waals surface area contributed by atoms with Crippen molar-refractivity contribution < 1.29 is 14.6 Å². The van der Waals surface area contributed by atoms with Gasteiger partial charge in [-0.25, -0.2) is 0 Å². The summed E-state index contributed by atoms with van der Waals surface area (Å²) in [5.74, 6) is 3.92. The average molecular weight is 311 g/mol. The van der Waals surface area contributed by atoms with Crippen LogP contribution in [0.15, 0.2) is 48.5 Å². The topological polar surface area (TPSA) is 50.7 Å². The van der Waals surface area contributed by atoms with Gasteiger partial charge >= 0.3 is 0 Å². The van der Waals surface area contributed by atoms with Gasteiger partial charge < -0.3 is 19.9 Å². The molecule has 0 fully saturated rings. The zero-order valence-corrected chi connectivity index (χ0v) is 13.2. The van der Waals surface area contributed by atoms with Crippen LogP contribution in [0.1, 0.15) is 17.2 Å². The van der Waals surface area contributed by atoms with Crippen LogP contribution in [0.5, 0.6) is 11.5 Å². The van der Waals surface area contributed by atoms with Gasteiger partial charge in [-0.15, -0.1) is 6.42 Å². The van der Waals surface area contributed by atoms with E-state index in [1.807, 2.05) is 48.5 Å². The zero-order chi connectivity index (χ0) is 16.5. The molecule has 2 aromatic carbocycles. The fraction of sp³-hybridized carbons (Fsp3) is 0.263. The molecule has 0 aromatic heterocycles. The van der Waals surface area contributed by atoms with E-state index >= 15 is 0 Å². The van der Waals surface area contributed by atoms with Crippen LogP contribution in [-0.4, -0.2) is 25.4 Å². The summed E-state index contributed by atoms with van der Waals surface area (Å²) >= 11 is 0. The monoisotopic (exact) mass is 311 g/mol. The highest BCUT2D eigenvalue weighted by molar-refractivity contribution is 5.30. The largest absolute Gasteiger partial charge is 0.497 e. The van der Waals surface area contributed by atoms with Crippen molar-refractivity contribution in [2.75, 3.05) is 20.3 Å². The molecule has 0 aliphatic carbocycles. The molecule has 4 nitrogen and oxygen atoms in total. The Kier molecular flexibility index (Phi) is 6.49. The van der Waals surface area contributed by atoms with Gasteiger partial charge in [0.25, 0.3) is 0 Å². The van der Waals surface area contributed by atoms with Gasteiger partial charge in [0.05, 0.1) is 13.2 Å². The summed E-state index contributed by atoms with van der Waals surface area (Å²) in [6.45, 7) is 1.39. The summed E-state index contributed by atoms with van der Waals surface area (Å²) in [5.41, 5.74) is 1.94. The molecule has 0 spiro atoms. The number of methoxy groups -OCH3 is 1. The predicted octanol–water partition coefficient (Wildman–Crippen LogP) is 2.53. The van der Waals surface area contributed by atoms with Crippen molar-refractivity contribution in [2.24, 2.45) is 0 Å². The Balaban J connectivity index is 1.81. The Labute approximate surface area is 137 Å². The Morgan fingerprint density at radius 3 is 2.65 bits per heavy atom. The molecule has 1 atom stereocenters. The van der Waals surface area contributed by atoms with E-state index in [0.29, 0.717) is 13.1 Å². The van der Waals surface area contributed by atoms with Gasteiger partial charge in [-0.1, -0.05) is 30.2 Å². The van der Waals surface area contributed by atoms with Crippen LogP contribution in [0.3, 0.4) is 0 Å². The van der Waals surface area contributed by atoms with E-state index in [-0.39, 0.29) is 6.61 Å². The van der Waals surface area contributed by atoms with Crippen molar-refractivity contribution in [3.63, 3.8) is 0 Å². The number of aliphatic hydroxyl groups is 1. The summed E-state index contributed by atoms with van der Waals surface area (Å²) in [5, 5.41) is 13.4.